The largest absolute Gasteiger partial charge is 0.495 e. The van der Waals surface area contributed by atoms with Gasteiger partial charge in [0.15, 0.2) is 5.78 Å². The number of anilines is 2. The van der Waals surface area contributed by atoms with Gasteiger partial charge in [-0.1, -0.05) is 57.9 Å². The summed E-state index contributed by atoms with van der Waals surface area (Å²) < 4.78 is 6.14. The number of hydrogen-bond donors (Lipinski definition) is 0. The molecule has 11 heteroatoms. The molecule has 9 nitrogen and oxygen atoms in total. The lowest BCUT2D eigenvalue weighted by Crippen LogP contribution is -2.48. The molecule has 3 aromatic carbocycles. The number of Topliss-reactive ketones (excluding diaryl/α,β-unsaturated/α-hetero) is 1. The van der Waals surface area contributed by atoms with E-state index in [1.54, 1.807) is 36.4 Å². The molecule has 3 aliphatic heterocycles. The highest BCUT2D eigenvalue weighted by molar-refractivity contribution is 9.10. The van der Waals surface area contributed by atoms with Gasteiger partial charge in [-0.2, -0.15) is 0 Å². The second-order valence-corrected chi connectivity index (χ2v) is 10.8. The summed E-state index contributed by atoms with van der Waals surface area (Å²) in [4.78, 5) is 55.8. The minimum absolute atomic E-state index is 0.0271. The third-order valence-electron chi connectivity index (χ3n) is 7.48. The van der Waals surface area contributed by atoms with Crippen LogP contribution in [0.4, 0.5) is 17.1 Å². The first kappa shape index (κ1) is 25.3. The van der Waals surface area contributed by atoms with Crippen LogP contribution in [-0.2, 0) is 9.59 Å². The van der Waals surface area contributed by atoms with Crippen LogP contribution in [0.25, 0.3) is 6.08 Å². The molecular weight excluding hydrogens is 590 g/mol. The third-order valence-corrected chi connectivity index (χ3v) is 8.25. The quantitative estimate of drug-likeness (QED) is 0.168. The first-order chi connectivity index (χ1) is 18.7. The zero-order valence-electron chi connectivity index (χ0n) is 20.3. The molecule has 3 aliphatic rings. The van der Waals surface area contributed by atoms with E-state index in [1.165, 1.54) is 19.2 Å². The average Bonchev–Trinajstić information content (AvgIpc) is 3.40. The van der Waals surface area contributed by atoms with Gasteiger partial charge in [0.1, 0.15) is 17.5 Å². The summed E-state index contributed by atoms with van der Waals surface area (Å²) >= 11 is 9.71. The number of carbonyl (C=O) groups is 3. The predicted molar refractivity (Wildman–Crippen MR) is 148 cm³/mol. The van der Waals surface area contributed by atoms with Crippen molar-refractivity contribution in [1.29, 1.82) is 0 Å². The minimum Gasteiger partial charge on any atom is -0.495 e. The van der Waals surface area contributed by atoms with Crippen molar-refractivity contribution in [3.63, 3.8) is 0 Å². The molecule has 0 saturated carbocycles. The Hall–Kier alpha value is -4.02. The van der Waals surface area contributed by atoms with E-state index in [4.69, 9.17) is 16.3 Å². The maximum absolute atomic E-state index is 14.1. The SMILES string of the molecule is COc1ccc([N+](=O)[O-])cc1N1C(=O)[C@@H]2[C@H](C1=O)[C@H]1C=Cc3ccc(Cl)cc3N1[C@@H]2C(=O)c1ccc(Br)cc1. The molecule has 3 aromatic rings. The number of methoxy groups -OCH3 is 1. The number of halogens is 2. The summed E-state index contributed by atoms with van der Waals surface area (Å²) in [6.45, 7) is 0. The zero-order valence-corrected chi connectivity index (χ0v) is 22.6. The highest BCUT2D eigenvalue weighted by atomic mass is 79.9. The number of imide groups is 1. The lowest BCUT2D eigenvalue weighted by molar-refractivity contribution is -0.384. The van der Waals surface area contributed by atoms with Crippen molar-refractivity contribution in [2.75, 3.05) is 16.9 Å². The minimum atomic E-state index is -1.04. The first-order valence-electron chi connectivity index (χ1n) is 12.0. The monoisotopic (exact) mass is 607 g/mol. The number of carbonyl (C=O) groups excluding carboxylic acids is 3. The Bertz CT molecular complexity index is 1610. The van der Waals surface area contributed by atoms with Gasteiger partial charge >= 0.3 is 0 Å². The van der Waals surface area contributed by atoms with E-state index < -0.39 is 40.7 Å². The van der Waals surface area contributed by atoms with Crippen LogP contribution in [0, 0.1) is 22.0 Å². The Labute approximate surface area is 235 Å². The Kier molecular flexibility index (Phi) is 6.04. The van der Waals surface area contributed by atoms with E-state index in [0.29, 0.717) is 16.3 Å². The highest BCUT2D eigenvalue weighted by Gasteiger charge is 2.64. The molecule has 0 N–H and O–H groups in total. The van der Waals surface area contributed by atoms with Crippen molar-refractivity contribution < 1.29 is 24.0 Å². The summed E-state index contributed by atoms with van der Waals surface area (Å²) in [5.41, 5.74) is 1.52. The van der Waals surface area contributed by atoms with E-state index in [-0.39, 0.29) is 22.9 Å². The van der Waals surface area contributed by atoms with Gasteiger partial charge in [-0.25, -0.2) is 4.90 Å². The fraction of sp³-hybridized carbons (Fsp3) is 0.179. The number of hydrogen-bond acceptors (Lipinski definition) is 7. The summed E-state index contributed by atoms with van der Waals surface area (Å²) in [6.07, 6.45) is 3.67. The molecule has 0 aromatic heterocycles. The fourth-order valence-electron chi connectivity index (χ4n) is 5.82. The van der Waals surface area contributed by atoms with Crippen molar-refractivity contribution in [1.82, 2.24) is 0 Å². The van der Waals surface area contributed by atoms with E-state index in [9.17, 15) is 24.5 Å². The van der Waals surface area contributed by atoms with Crippen LogP contribution >= 0.6 is 27.5 Å². The van der Waals surface area contributed by atoms with Gasteiger partial charge in [-0.15, -0.1) is 0 Å². The molecule has 0 unspecified atom stereocenters. The molecule has 196 valence electrons. The van der Waals surface area contributed by atoms with Gasteiger partial charge in [-0.3, -0.25) is 24.5 Å². The molecule has 3 heterocycles. The number of fused-ring (bicyclic) bond motifs is 5. The van der Waals surface area contributed by atoms with Crippen LogP contribution in [0.15, 0.2) is 71.2 Å². The molecule has 2 saturated heterocycles. The van der Waals surface area contributed by atoms with Crippen molar-refractivity contribution in [3.05, 3.63) is 97.5 Å². The van der Waals surface area contributed by atoms with Crippen molar-refractivity contribution >= 4 is 68.3 Å². The van der Waals surface area contributed by atoms with Crippen LogP contribution in [0.5, 0.6) is 5.75 Å². The van der Waals surface area contributed by atoms with Gasteiger partial charge in [-0.05, 0) is 35.9 Å². The molecule has 0 aliphatic carbocycles. The van der Waals surface area contributed by atoms with Crippen molar-refractivity contribution in [2.24, 2.45) is 11.8 Å². The molecule has 4 atom stereocenters. The molecule has 39 heavy (non-hydrogen) atoms. The van der Waals surface area contributed by atoms with Gasteiger partial charge in [0, 0.05) is 32.9 Å². The summed E-state index contributed by atoms with van der Waals surface area (Å²) in [7, 11) is 1.35. The van der Waals surface area contributed by atoms with E-state index in [0.717, 1.165) is 21.0 Å². The van der Waals surface area contributed by atoms with Crippen molar-refractivity contribution in [2.45, 2.75) is 12.1 Å². The van der Waals surface area contributed by atoms with E-state index in [2.05, 4.69) is 15.9 Å². The third kappa shape index (κ3) is 3.85. The van der Waals surface area contributed by atoms with E-state index >= 15 is 0 Å². The molecule has 2 fully saturated rings. The van der Waals surface area contributed by atoms with Gasteiger partial charge < -0.3 is 9.64 Å². The van der Waals surface area contributed by atoms with Gasteiger partial charge in [0.05, 0.1) is 29.9 Å². The predicted octanol–water partition coefficient (Wildman–Crippen LogP) is 5.29. The molecule has 2 amide bonds. The molecule has 6 rings (SSSR count). The van der Waals surface area contributed by atoms with Crippen LogP contribution in [-0.4, -0.2) is 41.7 Å². The zero-order chi connectivity index (χ0) is 27.6. The number of benzene rings is 3. The Balaban J connectivity index is 1.51. The maximum atomic E-state index is 14.1. The number of nitro groups is 1. The summed E-state index contributed by atoms with van der Waals surface area (Å²) in [6, 6.07) is 14.2. The Morgan fingerprint density at radius 1 is 1.00 bits per heavy atom. The maximum Gasteiger partial charge on any atom is 0.271 e. The lowest BCUT2D eigenvalue weighted by atomic mass is 9.86. The van der Waals surface area contributed by atoms with Crippen LogP contribution in [0.1, 0.15) is 15.9 Å². The molecular formula is C28H19BrClN3O6. The first-order valence-corrected chi connectivity index (χ1v) is 13.1. The second-order valence-electron chi connectivity index (χ2n) is 9.45. The smallest absolute Gasteiger partial charge is 0.271 e. The topological polar surface area (TPSA) is 110 Å². The second kappa shape index (κ2) is 9.32. The molecule has 0 spiro atoms. The van der Waals surface area contributed by atoms with Crippen LogP contribution < -0.4 is 14.5 Å². The molecule has 0 bridgehead atoms. The normalized spacial score (nSPS) is 22.9. The summed E-state index contributed by atoms with van der Waals surface area (Å²) in [5.74, 6) is -3.32. The number of rotatable bonds is 5. The van der Waals surface area contributed by atoms with Crippen LogP contribution in [0.3, 0.4) is 0 Å². The number of ketones is 1. The number of nitro benzene ring substituents is 1. The lowest BCUT2D eigenvalue weighted by Gasteiger charge is -2.36. The Morgan fingerprint density at radius 2 is 1.72 bits per heavy atom. The van der Waals surface area contributed by atoms with Gasteiger partial charge in [0.25, 0.3) is 5.69 Å². The number of amides is 2. The number of nitrogens with zero attached hydrogens (tertiary/aromatic N) is 3. The van der Waals surface area contributed by atoms with Crippen LogP contribution in [0.2, 0.25) is 5.02 Å². The number of ether oxygens (including phenoxy) is 1. The van der Waals surface area contributed by atoms with Gasteiger partial charge in [0.2, 0.25) is 11.8 Å². The average molecular weight is 609 g/mol. The Morgan fingerprint density at radius 3 is 2.41 bits per heavy atom. The fourth-order valence-corrected chi connectivity index (χ4v) is 6.25. The molecule has 0 radical (unpaired) electrons. The summed E-state index contributed by atoms with van der Waals surface area (Å²) in [5, 5.41) is 11.9. The van der Waals surface area contributed by atoms with Crippen molar-refractivity contribution in [3.8, 4) is 5.75 Å². The van der Waals surface area contributed by atoms with E-state index in [1.807, 2.05) is 23.1 Å². The standard InChI is InChI=1S/C28H19BrClN3O6/c1-39-22-11-9-18(33(37)38)13-21(22)32-27(35)23-19-10-5-14-4-8-17(30)12-20(14)31(19)25(24(23)28(32)36)26(34)15-2-6-16(29)7-3-15/h2-13,19,23-25H,1H3/t19-,23-,24-,25+/m1/s1. The number of non-ortho nitro benzene ring substituents is 1. The highest BCUT2D eigenvalue weighted by Crippen LogP contribution is 2.51.